The number of piperidine rings is 1. The molecule has 0 amide bonds. The molecular formula is C17H27N3O3. The molecule has 0 saturated carbocycles. The van der Waals surface area contributed by atoms with Crippen LogP contribution >= 0.6 is 0 Å². The van der Waals surface area contributed by atoms with Gasteiger partial charge in [0.2, 0.25) is 0 Å². The Morgan fingerprint density at radius 2 is 1.96 bits per heavy atom. The largest absolute Gasteiger partial charge is 0.392 e. The van der Waals surface area contributed by atoms with Crippen LogP contribution in [0.5, 0.6) is 0 Å². The van der Waals surface area contributed by atoms with Crippen molar-refractivity contribution >= 4 is 11.4 Å². The van der Waals surface area contributed by atoms with Gasteiger partial charge in [-0.05, 0) is 30.9 Å². The van der Waals surface area contributed by atoms with Crippen molar-refractivity contribution in [2.75, 3.05) is 24.5 Å². The summed E-state index contributed by atoms with van der Waals surface area (Å²) in [6, 6.07) is 7.18. The topological polar surface area (TPSA) is 78.6 Å². The first-order chi connectivity index (χ1) is 11.0. The monoisotopic (exact) mass is 321 g/mol. The zero-order valence-electron chi connectivity index (χ0n) is 13.9. The molecule has 1 heterocycles. The summed E-state index contributed by atoms with van der Waals surface area (Å²) in [6.07, 6.45) is 2.74. The molecule has 2 unspecified atom stereocenters. The molecule has 23 heavy (non-hydrogen) atoms. The van der Waals surface area contributed by atoms with Crippen molar-refractivity contribution in [3.63, 3.8) is 0 Å². The molecule has 1 aromatic rings. The molecule has 1 fully saturated rings. The van der Waals surface area contributed by atoms with E-state index in [-0.39, 0.29) is 16.7 Å². The number of non-ortho nitro benzene ring substituents is 1. The Kier molecular flexibility index (Phi) is 6.36. The first-order valence-electron chi connectivity index (χ1n) is 8.42. The van der Waals surface area contributed by atoms with Gasteiger partial charge in [0.05, 0.1) is 11.0 Å². The Bertz CT molecular complexity index is 498. The maximum absolute atomic E-state index is 10.7. The molecule has 2 atom stereocenters. The van der Waals surface area contributed by atoms with Crippen LogP contribution in [0.1, 0.15) is 33.1 Å². The number of nitro benzene ring substituents is 1. The first kappa shape index (κ1) is 17.7. The maximum atomic E-state index is 10.7. The molecule has 0 radical (unpaired) electrons. The molecule has 0 aromatic heterocycles. The number of nitro groups is 1. The first-order valence-corrected chi connectivity index (χ1v) is 8.42. The van der Waals surface area contributed by atoms with Crippen LogP contribution in [-0.4, -0.2) is 41.8 Å². The minimum absolute atomic E-state index is 0.129. The van der Waals surface area contributed by atoms with Gasteiger partial charge in [0.15, 0.2) is 0 Å². The fraction of sp³-hybridized carbons (Fsp3) is 0.647. The number of nitrogens with zero attached hydrogens (tertiary/aromatic N) is 2. The van der Waals surface area contributed by atoms with Crippen LogP contribution in [-0.2, 0) is 0 Å². The Balaban J connectivity index is 1.78. The quantitative estimate of drug-likeness (QED) is 0.596. The van der Waals surface area contributed by atoms with Crippen LogP contribution in [0.2, 0.25) is 0 Å². The fourth-order valence-electron chi connectivity index (χ4n) is 2.89. The summed E-state index contributed by atoms with van der Waals surface area (Å²) < 4.78 is 0. The molecule has 1 aliphatic heterocycles. The molecule has 0 bridgehead atoms. The lowest BCUT2D eigenvalue weighted by atomic mass is 10.00. The molecule has 1 aromatic carbocycles. The summed E-state index contributed by atoms with van der Waals surface area (Å²) in [7, 11) is 0. The number of anilines is 1. The summed E-state index contributed by atoms with van der Waals surface area (Å²) in [5, 5.41) is 24.2. The van der Waals surface area contributed by atoms with Gasteiger partial charge < -0.3 is 15.3 Å². The smallest absolute Gasteiger partial charge is 0.269 e. The van der Waals surface area contributed by atoms with Crippen LogP contribution in [0.15, 0.2) is 24.3 Å². The maximum Gasteiger partial charge on any atom is 0.269 e. The van der Waals surface area contributed by atoms with Crippen molar-refractivity contribution in [1.29, 1.82) is 0 Å². The molecule has 1 aliphatic rings. The van der Waals surface area contributed by atoms with Crippen molar-refractivity contribution in [3.05, 3.63) is 34.4 Å². The van der Waals surface area contributed by atoms with E-state index in [1.165, 1.54) is 0 Å². The molecule has 6 nitrogen and oxygen atoms in total. The molecule has 128 valence electrons. The Labute approximate surface area is 137 Å². The molecule has 1 saturated heterocycles. The van der Waals surface area contributed by atoms with Gasteiger partial charge in [-0.2, -0.15) is 0 Å². The summed E-state index contributed by atoms with van der Waals surface area (Å²) >= 11 is 0. The standard InChI is InChI=1S/C17H27N3O3/c1-3-13(2)17(21)12-18-14-8-10-19(11-9-14)15-4-6-16(7-5-15)20(22)23/h4-7,13-14,17-18,21H,3,8-12H2,1-2H3. The van der Waals surface area contributed by atoms with Crippen LogP contribution in [0.25, 0.3) is 0 Å². The predicted molar refractivity (Wildman–Crippen MR) is 91.8 cm³/mol. The van der Waals surface area contributed by atoms with Gasteiger partial charge in [0, 0.05) is 43.5 Å². The van der Waals surface area contributed by atoms with Gasteiger partial charge in [-0.3, -0.25) is 10.1 Å². The number of aliphatic hydroxyl groups excluding tert-OH is 1. The van der Waals surface area contributed by atoms with Crippen molar-refractivity contribution in [1.82, 2.24) is 5.32 Å². The van der Waals surface area contributed by atoms with Gasteiger partial charge in [0.25, 0.3) is 5.69 Å². The number of hydrogen-bond donors (Lipinski definition) is 2. The summed E-state index contributed by atoms with van der Waals surface area (Å²) in [4.78, 5) is 12.6. The van der Waals surface area contributed by atoms with E-state index in [1.807, 2.05) is 12.1 Å². The van der Waals surface area contributed by atoms with Crippen LogP contribution < -0.4 is 10.2 Å². The molecule has 2 N–H and O–H groups in total. The zero-order valence-corrected chi connectivity index (χ0v) is 13.9. The van der Waals surface area contributed by atoms with Crippen molar-refractivity contribution < 1.29 is 10.0 Å². The third kappa shape index (κ3) is 4.91. The SMILES string of the molecule is CCC(C)C(O)CNC1CCN(c2ccc([N+](=O)[O-])cc2)CC1. The average molecular weight is 321 g/mol. The molecule has 2 rings (SSSR count). The number of rotatable bonds is 7. The summed E-state index contributed by atoms with van der Waals surface area (Å²) in [5.74, 6) is 0.322. The predicted octanol–water partition coefficient (Wildman–Crippen LogP) is 2.56. The lowest BCUT2D eigenvalue weighted by Crippen LogP contribution is -2.45. The second-order valence-electron chi connectivity index (χ2n) is 6.40. The van der Waals surface area contributed by atoms with Crippen LogP contribution in [0, 0.1) is 16.0 Å². The molecule has 6 heteroatoms. The van der Waals surface area contributed by atoms with Crippen molar-refractivity contribution in [2.45, 2.75) is 45.3 Å². The van der Waals surface area contributed by atoms with Crippen LogP contribution in [0.4, 0.5) is 11.4 Å². The van der Waals surface area contributed by atoms with Crippen molar-refractivity contribution in [3.8, 4) is 0 Å². The minimum Gasteiger partial charge on any atom is -0.392 e. The van der Waals surface area contributed by atoms with E-state index in [0.717, 1.165) is 38.0 Å². The van der Waals surface area contributed by atoms with E-state index in [9.17, 15) is 15.2 Å². The molecular weight excluding hydrogens is 294 g/mol. The highest BCUT2D eigenvalue weighted by molar-refractivity contribution is 5.51. The van der Waals surface area contributed by atoms with Crippen molar-refractivity contribution in [2.24, 2.45) is 5.92 Å². The van der Waals surface area contributed by atoms with E-state index in [4.69, 9.17) is 0 Å². The minimum atomic E-state index is -0.372. The second kappa shape index (κ2) is 8.26. The normalized spacial score (nSPS) is 18.7. The van der Waals surface area contributed by atoms with E-state index < -0.39 is 0 Å². The van der Waals surface area contributed by atoms with E-state index in [0.29, 0.717) is 18.5 Å². The molecule has 0 aliphatic carbocycles. The fourth-order valence-corrected chi connectivity index (χ4v) is 2.89. The van der Waals surface area contributed by atoms with Crippen LogP contribution in [0.3, 0.4) is 0 Å². The van der Waals surface area contributed by atoms with Gasteiger partial charge >= 0.3 is 0 Å². The van der Waals surface area contributed by atoms with Gasteiger partial charge in [-0.15, -0.1) is 0 Å². The van der Waals surface area contributed by atoms with Gasteiger partial charge in [-0.25, -0.2) is 0 Å². The highest BCUT2D eigenvalue weighted by Gasteiger charge is 2.21. The number of benzene rings is 1. The summed E-state index contributed by atoms with van der Waals surface area (Å²) in [6.45, 7) is 6.67. The number of aliphatic hydroxyl groups is 1. The zero-order chi connectivity index (χ0) is 16.8. The van der Waals surface area contributed by atoms with Gasteiger partial charge in [0.1, 0.15) is 0 Å². The Morgan fingerprint density at radius 1 is 1.35 bits per heavy atom. The van der Waals surface area contributed by atoms with E-state index in [2.05, 4.69) is 24.1 Å². The lowest BCUT2D eigenvalue weighted by Gasteiger charge is -2.34. The highest BCUT2D eigenvalue weighted by Crippen LogP contribution is 2.23. The third-order valence-corrected chi connectivity index (χ3v) is 4.84. The molecule has 0 spiro atoms. The third-order valence-electron chi connectivity index (χ3n) is 4.84. The van der Waals surface area contributed by atoms with E-state index >= 15 is 0 Å². The number of nitrogens with one attached hydrogen (secondary N) is 1. The van der Waals surface area contributed by atoms with Gasteiger partial charge in [-0.1, -0.05) is 20.3 Å². The average Bonchev–Trinajstić information content (AvgIpc) is 2.59. The Hall–Kier alpha value is -1.66. The summed E-state index contributed by atoms with van der Waals surface area (Å²) in [5.41, 5.74) is 1.16. The Morgan fingerprint density at radius 3 is 2.48 bits per heavy atom. The number of hydrogen-bond acceptors (Lipinski definition) is 5. The lowest BCUT2D eigenvalue weighted by molar-refractivity contribution is -0.384. The van der Waals surface area contributed by atoms with E-state index in [1.54, 1.807) is 12.1 Å². The second-order valence-corrected chi connectivity index (χ2v) is 6.40. The highest BCUT2D eigenvalue weighted by atomic mass is 16.6.